The molecular weight excluding hydrogens is 663 g/mol. The molecule has 0 aliphatic carbocycles. The van der Waals surface area contributed by atoms with Crippen LogP contribution in [0.2, 0.25) is 0 Å². The Morgan fingerprint density at radius 3 is 1.45 bits per heavy atom. The van der Waals surface area contributed by atoms with Crippen molar-refractivity contribution < 1.29 is 0 Å². The number of benzene rings is 10. The fourth-order valence-corrected chi connectivity index (χ4v) is 8.07. The van der Waals surface area contributed by atoms with Gasteiger partial charge in [-0.15, -0.1) is 0 Å². The molecule has 55 heavy (non-hydrogen) atoms. The van der Waals surface area contributed by atoms with Crippen LogP contribution in [0.5, 0.6) is 0 Å². The SMILES string of the molecule is c1ccc(-c2ccc(-c3ccccc3N(c3ccc(-c4ccc5ccccc5c4)cc3)c3ccc(-c4cc5ccccc5c5ccccc45)cc3)cc2)cc1. The first kappa shape index (κ1) is 32.4. The third-order valence-electron chi connectivity index (χ3n) is 10.9. The number of rotatable bonds is 7. The van der Waals surface area contributed by atoms with E-state index in [2.05, 4.69) is 229 Å². The van der Waals surface area contributed by atoms with Crippen LogP contribution in [0, 0.1) is 0 Å². The molecule has 0 aliphatic heterocycles. The van der Waals surface area contributed by atoms with Crippen molar-refractivity contribution in [1.82, 2.24) is 0 Å². The fraction of sp³-hybridized carbons (Fsp3) is 0. The molecule has 0 spiro atoms. The van der Waals surface area contributed by atoms with E-state index in [1.54, 1.807) is 0 Å². The standard InChI is InChI=1S/C54H37N/c1-2-12-38(13-3-1)40-22-25-42(26-23-40)50-18-10-11-21-54(50)55(47-32-28-41(29-33-47)45-27-24-39-14-4-5-15-44(39)36-45)48-34-30-43(31-35-48)53-37-46-16-6-7-17-49(46)51-19-8-9-20-52(51)53/h1-37H. The highest BCUT2D eigenvalue weighted by Gasteiger charge is 2.18. The average Bonchev–Trinajstić information content (AvgIpc) is 3.27. The van der Waals surface area contributed by atoms with Crippen LogP contribution < -0.4 is 4.90 Å². The number of para-hydroxylation sites is 1. The van der Waals surface area contributed by atoms with Crippen LogP contribution in [0.25, 0.3) is 76.8 Å². The Balaban J connectivity index is 1.08. The number of hydrogen-bond acceptors (Lipinski definition) is 1. The van der Waals surface area contributed by atoms with Gasteiger partial charge in [0.1, 0.15) is 0 Å². The maximum Gasteiger partial charge on any atom is 0.0540 e. The molecule has 0 radical (unpaired) electrons. The van der Waals surface area contributed by atoms with Crippen LogP contribution in [-0.4, -0.2) is 0 Å². The summed E-state index contributed by atoms with van der Waals surface area (Å²) in [6.07, 6.45) is 0. The average molecular weight is 700 g/mol. The van der Waals surface area contributed by atoms with E-state index < -0.39 is 0 Å². The Labute approximate surface area is 322 Å². The maximum atomic E-state index is 2.40. The van der Waals surface area contributed by atoms with Gasteiger partial charge in [-0.3, -0.25) is 0 Å². The molecule has 0 aliphatic rings. The lowest BCUT2D eigenvalue weighted by Gasteiger charge is -2.28. The summed E-state index contributed by atoms with van der Waals surface area (Å²) in [6.45, 7) is 0. The van der Waals surface area contributed by atoms with Gasteiger partial charge in [0.2, 0.25) is 0 Å². The van der Waals surface area contributed by atoms with Crippen molar-refractivity contribution in [1.29, 1.82) is 0 Å². The highest BCUT2D eigenvalue weighted by molar-refractivity contribution is 6.13. The molecule has 0 atom stereocenters. The minimum absolute atomic E-state index is 1.10. The first-order valence-electron chi connectivity index (χ1n) is 18.9. The second-order valence-corrected chi connectivity index (χ2v) is 14.1. The molecule has 0 heterocycles. The fourth-order valence-electron chi connectivity index (χ4n) is 8.07. The summed E-state index contributed by atoms with van der Waals surface area (Å²) in [6, 6.07) is 81.4. The highest BCUT2D eigenvalue weighted by Crippen LogP contribution is 2.43. The van der Waals surface area contributed by atoms with E-state index in [0.29, 0.717) is 0 Å². The molecule has 1 nitrogen and oxygen atoms in total. The molecule has 0 bridgehead atoms. The lowest BCUT2D eigenvalue weighted by Crippen LogP contribution is -2.11. The molecule has 258 valence electrons. The molecule has 0 saturated heterocycles. The van der Waals surface area contributed by atoms with Crippen LogP contribution in [0.4, 0.5) is 17.1 Å². The van der Waals surface area contributed by atoms with Gasteiger partial charge in [-0.1, -0.05) is 182 Å². The number of fused-ring (bicyclic) bond motifs is 4. The Kier molecular flexibility index (Phi) is 8.24. The summed E-state index contributed by atoms with van der Waals surface area (Å²) in [5.41, 5.74) is 12.9. The molecule has 0 fully saturated rings. The van der Waals surface area contributed by atoms with Crippen molar-refractivity contribution in [2.75, 3.05) is 4.90 Å². The summed E-state index contributed by atoms with van der Waals surface area (Å²) < 4.78 is 0. The second-order valence-electron chi connectivity index (χ2n) is 14.1. The van der Waals surface area contributed by atoms with E-state index in [-0.39, 0.29) is 0 Å². The van der Waals surface area contributed by atoms with Gasteiger partial charge in [0, 0.05) is 16.9 Å². The smallest absolute Gasteiger partial charge is 0.0540 e. The van der Waals surface area contributed by atoms with Gasteiger partial charge in [0.25, 0.3) is 0 Å². The molecule has 0 saturated carbocycles. The summed E-state index contributed by atoms with van der Waals surface area (Å²) in [5.74, 6) is 0. The van der Waals surface area contributed by atoms with Crippen molar-refractivity contribution in [2.24, 2.45) is 0 Å². The normalized spacial score (nSPS) is 11.3. The van der Waals surface area contributed by atoms with E-state index >= 15 is 0 Å². The summed E-state index contributed by atoms with van der Waals surface area (Å²) >= 11 is 0. The number of anilines is 3. The maximum absolute atomic E-state index is 2.40. The third kappa shape index (κ3) is 6.12. The molecule has 10 aromatic rings. The quantitative estimate of drug-likeness (QED) is 0.150. The van der Waals surface area contributed by atoms with Crippen molar-refractivity contribution >= 4 is 49.4 Å². The number of nitrogens with zero attached hydrogens (tertiary/aromatic N) is 1. The molecule has 10 rings (SSSR count). The van der Waals surface area contributed by atoms with E-state index in [9.17, 15) is 0 Å². The molecule has 0 amide bonds. The van der Waals surface area contributed by atoms with Crippen molar-refractivity contribution in [2.45, 2.75) is 0 Å². The second kappa shape index (κ2) is 14.0. The Bertz CT molecular complexity index is 2940. The Hall–Kier alpha value is -7.22. The predicted molar refractivity (Wildman–Crippen MR) is 235 cm³/mol. The Morgan fingerprint density at radius 1 is 0.236 bits per heavy atom. The van der Waals surface area contributed by atoms with Crippen molar-refractivity contribution in [3.8, 4) is 44.5 Å². The van der Waals surface area contributed by atoms with Crippen LogP contribution in [0.1, 0.15) is 0 Å². The summed E-state index contributed by atoms with van der Waals surface area (Å²) in [5, 5.41) is 7.57. The highest BCUT2D eigenvalue weighted by atomic mass is 15.1. The molecular formula is C54H37N. The topological polar surface area (TPSA) is 3.24 Å². The zero-order valence-corrected chi connectivity index (χ0v) is 30.3. The minimum atomic E-state index is 1.10. The van der Waals surface area contributed by atoms with Crippen LogP contribution in [-0.2, 0) is 0 Å². The number of hydrogen-bond donors (Lipinski definition) is 0. The van der Waals surface area contributed by atoms with E-state index in [1.165, 1.54) is 76.8 Å². The van der Waals surface area contributed by atoms with E-state index in [4.69, 9.17) is 0 Å². The predicted octanol–water partition coefficient (Wildman–Crippen LogP) is 15.3. The van der Waals surface area contributed by atoms with Crippen LogP contribution in [0.3, 0.4) is 0 Å². The largest absolute Gasteiger partial charge is 0.310 e. The first-order valence-corrected chi connectivity index (χ1v) is 18.9. The van der Waals surface area contributed by atoms with E-state index in [0.717, 1.165) is 17.1 Å². The lowest BCUT2D eigenvalue weighted by molar-refractivity contribution is 1.28. The molecule has 0 N–H and O–H groups in total. The molecule has 0 unspecified atom stereocenters. The van der Waals surface area contributed by atoms with Gasteiger partial charge >= 0.3 is 0 Å². The zero-order valence-electron chi connectivity index (χ0n) is 30.3. The van der Waals surface area contributed by atoms with Crippen molar-refractivity contribution in [3.05, 3.63) is 224 Å². The van der Waals surface area contributed by atoms with E-state index in [1.807, 2.05) is 0 Å². The minimum Gasteiger partial charge on any atom is -0.310 e. The van der Waals surface area contributed by atoms with Gasteiger partial charge in [-0.05, 0) is 114 Å². The van der Waals surface area contributed by atoms with Gasteiger partial charge < -0.3 is 4.90 Å². The summed E-state index contributed by atoms with van der Waals surface area (Å²) in [7, 11) is 0. The summed E-state index contributed by atoms with van der Waals surface area (Å²) in [4.78, 5) is 2.40. The van der Waals surface area contributed by atoms with Gasteiger partial charge in [-0.25, -0.2) is 0 Å². The Morgan fingerprint density at radius 2 is 0.709 bits per heavy atom. The monoisotopic (exact) mass is 699 g/mol. The van der Waals surface area contributed by atoms with Crippen LogP contribution in [0.15, 0.2) is 224 Å². The van der Waals surface area contributed by atoms with Gasteiger partial charge in [0.15, 0.2) is 0 Å². The van der Waals surface area contributed by atoms with Gasteiger partial charge in [-0.2, -0.15) is 0 Å². The molecule has 0 aromatic heterocycles. The van der Waals surface area contributed by atoms with Gasteiger partial charge in [0.05, 0.1) is 5.69 Å². The molecule has 10 aromatic carbocycles. The molecule has 1 heteroatoms. The third-order valence-corrected chi connectivity index (χ3v) is 10.9. The lowest BCUT2D eigenvalue weighted by atomic mass is 9.93. The van der Waals surface area contributed by atoms with Crippen molar-refractivity contribution in [3.63, 3.8) is 0 Å². The van der Waals surface area contributed by atoms with Crippen LogP contribution >= 0.6 is 0 Å². The zero-order chi connectivity index (χ0) is 36.6. The first-order chi connectivity index (χ1) is 27.3.